The molecular formula is C24H36N2O3. The van der Waals surface area contributed by atoms with Crippen LogP contribution in [-0.2, 0) is 14.3 Å². The first-order chi connectivity index (χ1) is 13.7. The second kappa shape index (κ2) is 12.2. The highest BCUT2D eigenvalue weighted by Crippen LogP contribution is 2.32. The lowest BCUT2D eigenvalue weighted by Gasteiger charge is -2.26. The van der Waals surface area contributed by atoms with Gasteiger partial charge in [0, 0.05) is 13.2 Å². The van der Waals surface area contributed by atoms with Gasteiger partial charge in [0.25, 0.3) is 5.91 Å². The smallest absolute Gasteiger partial charge is 0.291 e. The molecule has 29 heavy (non-hydrogen) atoms. The molecule has 1 heterocycles. The first-order valence-corrected chi connectivity index (χ1v) is 10.2. The van der Waals surface area contributed by atoms with Crippen LogP contribution in [-0.4, -0.2) is 25.0 Å². The maximum Gasteiger partial charge on any atom is 0.291 e. The van der Waals surface area contributed by atoms with Gasteiger partial charge in [-0.1, -0.05) is 26.2 Å². The van der Waals surface area contributed by atoms with Crippen LogP contribution in [0.5, 0.6) is 0 Å². The van der Waals surface area contributed by atoms with Crippen molar-refractivity contribution in [3.8, 4) is 0 Å². The van der Waals surface area contributed by atoms with Gasteiger partial charge in [0.15, 0.2) is 5.76 Å². The molecule has 0 spiro atoms. The molecule has 0 atom stereocenters. The zero-order valence-electron chi connectivity index (χ0n) is 18.9. The molecule has 1 aliphatic rings. The fourth-order valence-corrected chi connectivity index (χ4v) is 3.34. The number of hydrogen-bond acceptors (Lipinski definition) is 4. The van der Waals surface area contributed by atoms with Crippen molar-refractivity contribution in [2.75, 3.05) is 13.2 Å². The highest BCUT2D eigenvalue weighted by Gasteiger charge is 2.21. The number of allylic oxidation sites excluding steroid dienone is 6. The molecule has 0 aromatic carbocycles. The summed E-state index contributed by atoms with van der Waals surface area (Å²) in [6, 6.07) is 0. The molecule has 0 aromatic heterocycles. The molecule has 0 radical (unpaired) electrons. The summed E-state index contributed by atoms with van der Waals surface area (Å²) in [6.07, 6.45) is 6.56. The van der Waals surface area contributed by atoms with E-state index in [2.05, 4.69) is 45.3 Å². The molecule has 160 valence electrons. The van der Waals surface area contributed by atoms with Crippen LogP contribution in [0, 0.1) is 5.92 Å². The van der Waals surface area contributed by atoms with Crippen molar-refractivity contribution in [2.24, 2.45) is 10.9 Å². The Morgan fingerprint density at radius 2 is 1.79 bits per heavy atom. The average molecular weight is 401 g/mol. The Morgan fingerprint density at radius 3 is 2.28 bits per heavy atom. The van der Waals surface area contributed by atoms with Crippen LogP contribution >= 0.6 is 0 Å². The van der Waals surface area contributed by atoms with E-state index in [9.17, 15) is 4.79 Å². The summed E-state index contributed by atoms with van der Waals surface area (Å²) in [6.45, 7) is 20.9. The number of carbonyl (C=O) groups excluding carboxylic acids is 1. The maximum absolute atomic E-state index is 12.5. The molecule has 1 N–H and O–H groups in total. The van der Waals surface area contributed by atoms with Crippen molar-refractivity contribution in [2.45, 2.75) is 60.8 Å². The number of aliphatic imine (C=N–C) groups is 1. The van der Waals surface area contributed by atoms with Crippen molar-refractivity contribution < 1.29 is 14.3 Å². The molecule has 0 aromatic rings. The zero-order valence-corrected chi connectivity index (χ0v) is 18.9. The Morgan fingerprint density at radius 1 is 1.17 bits per heavy atom. The molecule has 1 rings (SSSR count). The molecule has 0 aliphatic carbocycles. The Kier molecular flexibility index (Phi) is 10.4. The second-order valence-corrected chi connectivity index (χ2v) is 7.17. The highest BCUT2D eigenvalue weighted by molar-refractivity contribution is 6.04. The van der Waals surface area contributed by atoms with Crippen molar-refractivity contribution >= 4 is 11.7 Å². The van der Waals surface area contributed by atoms with Gasteiger partial charge < -0.3 is 14.8 Å². The molecule has 1 fully saturated rings. The standard InChI is InChI=1S/C24H36N2O3/c1-9-17(6)23(18(7)21(10-2)20-12-14-28-15-13-20)25-19(8)26-24(27)22(11-3)29-16(4)5/h10-11,20H,4,6,9,12-15H2,1-3,5,7-8H3,(H,25,26,27)/b21-10+,22-11-,23-18+. The van der Waals surface area contributed by atoms with E-state index in [0.717, 1.165) is 49.3 Å². The van der Waals surface area contributed by atoms with Crippen molar-refractivity contribution in [1.29, 1.82) is 0 Å². The molecule has 1 amide bonds. The lowest BCUT2D eigenvalue weighted by Crippen LogP contribution is -2.30. The number of ether oxygens (including phenoxy) is 2. The van der Waals surface area contributed by atoms with E-state index in [1.165, 1.54) is 5.57 Å². The van der Waals surface area contributed by atoms with Crippen LogP contribution in [0.2, 0.25) is 0 Å². The summed E-state index contributed by atoms with van der Waals surface area (Å²) in [7, 11) is 0. The van der Waals surface area contributed by atoms with E-state index in [1.807, 2.05) is 0 Å². The predicted molar refractivity (Wildman–Crippen MR) is 120 cm³/mol. The normalized spacial score (nSPS) is 17.5. The Bertz CT molecular complexity index is 748. The minimum absolute atomic E-state index is 0.194. The predicted octanol–water partition coefficient (Wildman–Crippen LogP) is 5.59. The molecule has 5 heteroatoms. The van der Waals surface area contributed by atoms with Crippen LogP contribution in [0.15, 0.2) is 64.2 Å². The van der Waals surface area contributed by atoms with E-state index in [1.54, 1.807) is 26.8 Å². The Hall–Kier alpha value is -2.40. The maximum atomic E-state index is 12.5. The van der Waals surface area contributed by atoms with Crippen LogP contribution in [0.4, 0.5) is 0 Å². The van der Waals surface area contributed by atoms with Gasteiger partial charge >= 0.3 is 0 Å². The topological polar surface area (TPSA) is 59.9 Å². The third-order valence-corrected chi connectivity index (χ3v) is 4.87. The fraction of sp³-hybridized carbons (Fsp3) is 0.500. The van der Waals surface area contributed by atoms with Crippen LogP contribution in [0.1, 0.15) is 60.8 Å². The minimum atomic E-state index is -0.355. The quantitative estimate of drug-likeness (QED) is 0.190. The summed E-state index contributed by atoms with van der Waals surface area (Å²) in [5.74, 6) is 1.24. The van der Waals surface area contributed by atoms with E-state index >= 15 is 0 Å². The summed E-state index contributed by atoms with van der Waals surface area (Å²) in [4.78, 5) is 17.2. The van der Waals surface area contributed by atoms with E-state index in [-0.39, 0.29) is 11.7 Å². The lowest BCUT2D eigenvalue weighted by molar-refractivity contribution is -0.118. The Balaban J connectivity index is 3.19. The van der Waals surface area contributed by atoms with Crippen molar-refractivity contribution in [3.63, 3.8) is 0 Å². The van der Waals surface area contributed by atoms with E-state index in [4.69, 9.17) is 14.5 Å². The fourth-order valence-electron chi connectivity index (χ4n) is 3.34. The van der Waals surface area contributed by atoms with Gasteiger partial charge in [-0.25, -0.2) is 4.99 Å². The number of nitrogens with zero attached hydrogens (tertiary/aromatic N) is 1. The third-order valence-electron chi connectivity index (χ3n) is 4.87. The van der Waals surface area contributed by atoms with Crippen molar-refractivity contribution in [3.05, 3.63) is 59.2 Å². The molecule has 0 unspecified atom stereocenters. The van der Waals surface area contributed by atoms with Crippen LogP contribution in [0.3, 0.4) is 0 Å². The molecule has 0 bridgehead atoms. The van der Waals surface area contributed by atoms with Gasteiger partial charge in [-0.05, 0) is 82.6 Å². The number of hydrogen-bond donors (Lipinski definition) is 1. The van der Waals surface area contributed by atoms with Gasteiger partial charge in [-0.3, -0.25) is 4.79 Å². The SMILES string of the molecule is C=C(C)O/C(=C\C)C(=O)NC(C)=N/C(C(=C)CC)=C(C)/C(=C\C)C1CCOCC1. The van der Waals surface area contributed by atoms with Gasteiger partial charge in [0.05, 0.1) is 11.5 Å². The summed E-state index contributed by atoms with van der Waals surface area (Å²) < 4.78 is 10.9. The van der Waals surface area contributed by atoms with Gasteiger partial charge in [0.2, 0.25) is 0 Å². The summed E-state index contributed by atoms with van der Waals surface area (Å²) in [5, 5.41) is 2.80. The molecule has 0 saturated carbocycles. The molecule has 1 saturated heterocycles. The monoisotopic (exact) mass is 400 g/mol. The molecule has 5 nitrogen and oxygen atoms in total. The zero-order chi connectivity index (χ0) is 22.0. The number of carbonyl (C=O) groups is 1. The third kappa shape index (κ3) is 7.50. The van der Waals surface area contributed by atoms with Gasteiger partial charge in [-0.2, -0.15) is 0 Å². The number of rotatable bonds is 8. The highest BCUT2D eigenvalue weighted by atomic mass is 16.5. The molecule has 1 aliphatic heterocycles. The van der Waals surface area contributed by atoms with E-state index < -0.39 is 0 Å². The van der Waals surface area contributed by atoms with E-state index in [0.29, 0.717) is 17.5 Å². The van der Waals surface area contributed by atoms with Crippen molar-refractivity contribution in [1.82, 2.24) is 5.32 Å². The minimum Gasteiger partial charge on any atom is -0.457 e. The summed E-state index contributed by atoms with van der Waals surface area (Å²) >= 11 is 0. The van der Waals surface area contributed by atoms with Gasteiger partial charge in [-0.15, -0.1) is 0 Å². The van der Waals surface area contributed by atoms with Crippen LogP contribution < -0.4 is 5.32 Å². The first-order valence-electron chi connectivity index (χ1n) is 10.2. The average Bonchev–Trinajstić information content (AvgIpc) is 2.70. The van der Waals surface area contributed by atoms with Crippen LogP contribution in [0.25, 0.3) is 0 Å². The largest absolute Gasteiger partial charge is 0.457 e. The number of nitrogens with one attached hydrogen (secondary N) is 1. The Labute approximate surface area is 176 Å². The lowest BCUT2D eigenvalue weighted by atomic mass is 9.85. The van der Waals surface area contributed by atoms with Gasteiger partial charge in [0.1, 0.15) is 5.84 Å². The number of amides is 1. The summed E-state index contributed by atoms with van der Waals surface area (Å²) in [5.41, 5.74) is 4.14. The second-order valence-electron chi connectivity index (χ2n) is 7.17. The molecular weight excluding hydrogens is 364 g/mol. The number of amidine groups is 1. The first kappa shape index (κ1) is 24.6.